The van der Waals surface area contributed by atoms with E-state index >= 15 is 0 Å². The first-order valence-corrected chi connectivity index (χ1v) is 11.8. The second-order valence-electron chi connectivity index (χ2n) is 7.53. The Morgan fingerprint density at radius 1 is 1.23 bits per heavy atom. The predicted molar refractivity (Wildman–Crippen MR) is 122 cm³/mol. The molecule has 1 amide bonds. The van der Waals surface area contributed by atoms with Gasteiger partial charge in [-0.05, 0) is 44.6 Å². The number of carbonyl (C=O) groups is 2. The minimum absolute atomic E-state index is 0.232. The quantitative estimate of drug-likeness (QED) is 0.514. The summed E-state index contributed by atoms with van der Waals surface area (Å²) in [4.78, 5) is 32.1. The van der Waals surface area contributed by atoms with Crippen LogP contribution in [0.5, 0.6) is 0 Å². The summed E-state index contributed by atoms with van der Waals surface area (Å²) in [6.07, 6.45) is 2.81. The van der Waals surface area contributed by atoms with Gasteiger partial charge in [-0.15, -0.1) is 22.7 Å². The molecular weight excluding hydrogens is 416 g/mol. The van der Waals surface area contributed by atoms with Crippen molar-refractivity contribution < 1.29 is 14.3 Å². The topological polar surface area (TPSA) is 68.3 Å². The molecule has 1 atom stereocenters. The van der Waals surface area contributed by atoms with Gasteiger partial charge in [0.2, 0.25) is 0 Å². The molecule has 4 rings (SSSR count). The number of hydrogen-bond donors (Lipinski definition) is 1. The van der Waals surface area contributed by atoms with Gasteiger partial charge in [-0.2, -0.15) is 0 Å². The van der Waals surface area contributed by atoms with Crippen molar-refractivity contribution >= 4 is 39.6 Å². The molecule has 3 aromatic rings. The third-order valence-corrected chi connectivity index (χ3v) is 7.62. The molecule has 2 heterocycles. The van der Waals surface area contributed by atoms with Crippen LogP contribution in [0.2, 0.25) is 0 Å². The van der Waals surface area contributed by atoms with Gasteiger partial charge >= 0.3 is 5.97 Å². The van der Waals surface area contributed by atoms with Crippen LogP contribution in [0.3, 0.4) is 0 Å². The molecule has 1 aliphatic carbocycles. The monoisotopic (exact) mass is 440 g/mol. The molecule has 0 radical (unpaired) electrons. The second-order valence-corrected chi connectivity index (χ2v) is 9.63. The summed E-state index contributed by atoms with van der Waals surface area (Å²) < 4.78 is 5.30. The van der Waals surface area contributed by atoms with E-state index in [2.05, 4.69) is 17.2 Å². The summed E-state index contributed by atoms with van der Waals surface area (Å²) in [7, 11) is 0. The molecule has 0 saturated carbocycles. The number of fused-ring (bicyclic) bond motifs is 1. The van der Waals surface area contributed by atoms with Crippen molar-refractivity contribution in [2.45, 2.75) is 40.0 Å². The number of carbonyl (C=O) groups excluding carboxylic acids is 2. The lowest BCUT2D eigenvalue weighted by Gasteiger charge is -2.18. The summed E-state index contributed by atoms with van der Waals surface area (Å²) in [5.74, 6) is -0.0119. The number of aryl methyl sites for hydroxylation is 1. The molecular formula is C23H24N2O3S2. The molecule has 1 aromatic carbocycles. The Morgan fingerprint density at radius 2 is 2.00 bits per heavy atom. The van der Waals surface area contributed by atoms with Gasteiger partial charge in [-0.3, -0.25) is 4.79 Å². The number of esters is 1. The maximum absolute atomic E-state index is 13.1. The maximum atomic E-state index is 13.1. The number of thiazole rings is 1. The average molecular weight is 441 g/mol. The number of ether oxygens (including phenoxy) is 1. The normalized spacial score (nSPS) is 15.5. The molecule has 1 unspecified atom stereocenters. The van der Waals surface area contributed by atoms with Gasteiger partial charge in [-0.25, -0.2) is 9.78 Å². The first kappa shape index (κ1) is 20.8. The van der Waals surface area contributed by atoms with Crippen LogP contribution in [0.4, 0.5) is 5.00 Å². The molecule has 1 aliphatic rings. The molecule has 0 saturated heterocycles. The van der Waals surface area contributed by atoms with Crippen LogP contribution in [-0.4, -0.2) is 23.5 Å². The number of amides is 1. The molecule has 0 aliphatic heterocycles. The summed E-state index contributed by atoms with van der Waals surface area (Å²) in [5.41, 5.74) is 3.24. The third kappa shape index (κ3) is 4.04. The standard InChI is InChI=1S/C23H24N2O3S2/c1-4-28-23(27)18-16-11-10-13(2)12-17(16)29-22(18)25-20(26)19-14(3)24-21(30-19)15-8-6-5-7-9-15/h5-9,13H,4,10-12H2,1-3H3,(H,25,26). The molecule has 30 heavy (non-hydrogen) atoms. The first-order chi connectivity index (χ1) is 14.5. The lowest BCUT2D eigenvalue weighted by Crippen LogP contribution is -2.16. The Hall–Kier alpha value is -2.51. The minimum Gasteiger partial charge on any atom is -0.462 e. The molecule has 7 heteroatoms. The largest absolute Gasteiger partial charge is 0.462 e. The van der Waals surface area contributed by atoms with Crippen LogP contribution >= 0.6 is 22.7 Å². The smallest absolute Gasteiger partial charge is 0.341 e. The fraction of sp³-hybridized carbons (Fsp3) is 0.348. The highest BCUT2D eigenvalue weighted by molar-refractivity contribution is 7.18. The Kier molecular flexibility index (Phi) is 6.01. The van der Waals surface area contributed by atoms with Crippen molar-refractivity contribution in [3.05, 3.63) is 56.9 Å². The van der Waals surface area contributed by atoms with Gasteiger partial charge in [0.15, 0.2) is 0 Å². The van der Waals surface area contributed by atoms with Crippen LogP contribution in [0, 0.1) is 12.8 Å². The zero-order chi connectivity index (χ0) is 21.3. The van der Waals surface area contributed by atoms with Crippen molar-refractivity contribution in [3.8, 4) is 10.6 Å². The highest BCUT2D eigenvalue weighted by atomic mass is 32.1. The molecule has 2 aromatic heterocycles. The zero-order valence-electron chi connectivity index (χ0n) is 17.3. The lowest BCUT2D eigenvalue weighted by atomic mass is 9.88. The predicted octanol–water partition coefficient (Wildman–Crippen LogP) is 5.73. The fourth-order valence-electron chi connectivity index (χ4n) is 3.73. The number of anilines is 1. The molecule has 156 valence electrons. The first-order valence-electron chi connectivity index (χ1n) is 10.1. The van der Waals surface area contributed by atoms with Crippen LogP contribution in [0.15, 0.2) is 30.3 Å². The SMILES string of the molecule is CCOC(=O)c1c(NC(=O)c2sc(-c3ccccc3)nc2C)sc2c1CCC(C)C2. The van der Waals surface area contributed by atoms with Crippen molar-refractivity contribution in [1.29, 1.82) is 0 Å². The summed E-state index contributed by atoms with van der Waals surface area (Å²) in [5, 5.41) is 4.39. The van der Waals surface area contributed by atoms with Gasteiger partial charge < -0.3 is 10.1 Å². The average Bonchev–Trinajstić information content (AvgIpc) is 3.28. The van der Waals surface area contributed by atoms with Crippen molar-refractivity contribution in [2.24, 2.45) is 5.92 Å². The van der Waals surface area contributed by atoms with Crippen LogP contribution in [-0.2, 0) is 17.6 Å². The zero-order valence-corrected chi connectivity index (χ0v) is 18.9. The van der Waals surface area contributed by atoms with Crippen LogP contribution in [0.1, 0.15) is 56.4 Å². The van der Waals surface area contributed by atoms with Crippen molar-refractivity contribution in [3.63, 3.8) is 0 Å². The van der Waals surface area contributed by atoms with E-state index in [1.54, 1.807) is 6.92 Å². The highest BCUT2D eigenvalue weighted by Gasteiger charge is 2.30. The van der Waals surface area contributed by atoms with E-state index < -0.39 is 0 Å². The fourth-order valence-corrected chi connectivity index (χ4v) is 6.09. The van der Waals surface area contributed by atoms with E-state index in [0.717, 1.165) is 35.4 Å². The third-order valence-electron chi connectivity index (χ3n) is 5.24. The molecule has 1 N–H and O–H groups in total. The summed E-state index contributed by atoms with van der Waals surface area (Å²) in [6, 6.07) is 9.82. The summed E-state index contributed by atoms with van der Waals surface area (Å²) >= 11 is 2.87. The number of rotatable bonds is 5. The number of nitrogens with one attached hydrogen (secondary N) is 1. The molecule has 5 nitrogen and oxygen atoms in total. The number of nitrogens with zero attached hydrogens (tertiary/aromatic N) is 1. The van der Waals surface area contributed by atoms with E-state index in [0.29, 0.717) is 33.7 Å². The molecule has 0 fully saturated rings. The number of thiophene rings is 1. The highest BCUT2D eigenvalue weighted by Crippen LogP contribution is 2.40. The Bertz CT molecular complexity index is 1090. The Morgan fingerprint density at radius 3 is 2.73 bits per heavy atom. The number of hydrogen-bond acceptors (Lipinski definition) is 6. The molecule has 0 spiro atoms. The Labute approximate surface area is 184 Å². The summed E-state index contributed by atoms with van der Waals surface area (Å²) in [6.45, 7) is 6.16. The van der Waals surface area contributed by atoms with Gasteiger partial charge in [0.05, 0.1) is 17.9 Å². The van der Waals surface area contributed by atoms with Crippen LogP contribution < -0.4 is 5.32 Å². The second kappa shape index (κ2) is 8.70. The Balaban J connectivity index is 1.65. The van der Waals surface area contributed by atoms with Gasteiger partial charge in [0.25, 0.3) is 5.91 Å². The van der Waals surface area contributed by atoms with Gasteiger partial charge in [0.1, 0.15) is 14.9 Å². The van der Waals surface area contributed by atoms with Crippen molar-refractivity contribution in [1.82, 2.24) is 4.98 Å². The van der Waals surface area contributed by atoms with E-state index in [9.17, 15) is 9.59 Å². The number of benzene rings is 1. The van der Waals surface area contributed by atoms with Crippen molar-refractivity contribution in [2.75, 3.05) is 11.9 Å². The molecule has 0 bridgehead atoms. The van der Waals surface area contributed by atoms with E-state index in [-0.39, 0.29) is 11.9 Å². The van der Waals surface area contributed by atoms with Crippen LogP contribution in [0.25, 0.3) is 10.6 Å². The van der Waals surface area contributed by atoms with Gasteiger partial charge in [0, 0.05) is 10.4 Å². The maximum Gasteiger partial charge on any atom is 0.341 e. The number of aromatic nitrogens is 1. The van der Waals surface area contributed by atoms with E-state index in [4.69, 9.17) is 4.74 Å². The minimum atomic E-state index is -0.356. The van der Waals surface area contributed by atoms with E-state index in [1.165, 1.54) is 27.6 Å². The van der Waals surface area contributed by atoms with Gasteiger partial charge in [-0.1, -0.05) is 37.3 Å². The van der Waals surface area contributed by atoms with E-state index in [1.807, 2.05) is 37.3 Å². The lowest BCUT2D eigenvalue weighted by molar-refractivity contribution is 0.0526.